The molecule has 1 aromatic carbocycles. The number of hydrogen-bond acceptors (Lipinski definition) is 6. The summed E-state index contributed by atoms with van der Waals surface area (Å²) in [5.74, 6) is -7.02. The number of pyridine rings is 1. The fourth-order valence-corrected chi connectivity index (χ4v) is 4.18. The number of amides is 2. The third-order valence-corrected chi connectivity index (χ3v) is 6.04. The van der Waals surface area contributed by atoms with E-state index < -0.39 is 42.1 Å². The van der Waals surface area contributed by atoms with Crippen molar-refractivity contribution in [1.29, 1.82) is 0 Å². The number of benzene rings is 1. The van der Waals surface area contributed by atoms with E-state index in [2.05, 4.69) is 20.3 Å². The number of anilines is 1. The Hall–Kier alpha value is -5.03. The molecule has 2 aromatic heterocycles. The van der Waals surface area contributed by atoms with Gasteiger partial charge in [-0.05, 0) is 29.8 Å². The predicted octanol–water partition coefficient (Wildman–Crippen LogP) is 3.81. The van der Waals surface area contributed by atoms with Gasteiger partial charge in [0.2, 0.25) is 11.8 Å². The van der Waals surface area contributed by atoms with E-state index in [1.54, 1.807) is 23.5 Å². The number of aromatic nitrogens is 3. The molecule has 2 unspecified atom stereocenters. The zero-order valence-corrected chi connectivity index (χ0v) is 21.4. The minimum Gasteiger partial charge on any atom is -0.475 e. The fourth-order valence-electron chi connectivity index (χ4n) is 4.18. The van der Waals surface area contributed by atoms with Crippen LogP contribution in [0.15, 0.2) is 48.9 Å². The first-order chi connectivity index (χ1) is 20.0. The zero-order valence-electron chi connectivity index (χ0n) is 21.4. The van der Waals surface area contributed by atoms with Gasteiger partial charge < -0.3 is 25.4 Å². The number of carbonyl (C=O) groups is 4. The Balaban J connectivity index is 0.000000303. The number of aliphatic carboxylic acids is 2. The second-order valence-corrected chi connectivity index (χ2v) is 8.84. The van der Waals surface area contributed by atoms with Gasteiger partial charge in [-0.2, -0.15) is 26.3 Å². The number of nitrogens with zero attached hydrogens (tertiary/aromatic N) is 3. The molecule has 3 aromatic rings. The highest BCUT2D eigenvalue weighted by Crippen LogP contribution is 2.38. The first kappa shape index (κ1) is 32.5. The number of carbonyl (C=O) groups excluding carboxylic acids is 2. The molecule has 0 radical (unpaired) electrons. The van der Waals surface area contributed by atoms with Gasteiger partial charge in [-0.3, -0.25) is 14.6 Å². The van der Waals surface area contributed by atoms with Gasteiger partial charge in [0.25, 0.3) is 0 Å². The number of halogens is 7. The fraction of sp³-hybridized carbons (Fsp3) is 0.280. The Morgan fingerprint density at radius 2 is 1.60 bits per heavy atom. The van der Waals surface area contributed by atoms with E-state index >= 15 is 0 Å². The number of imidazole rings is 1. The molecule has 18 heteroatoms. The largest absolute Gasteiger partial charge is 0.490 e. The highest BCUT2D eigenvalue weighted by molar-refractivity contribution is 6.05. The number of hydrogen-bond donors (Lipinski definition) is 4. The number of rotatable bonds is 3. The molecule has 11 nitrogen and oxygen atoms in total. The van der Waals surface area contributed by atoms with Crippen molar-refractivity contribution in [2.45, 2.75) is 37.2 Å². The van der Waals surface area contributed by atoms with Crippen molar-refractivity contribution in [1.82, 2.24) is 19.9 Å². The van der Waals surface area contributed by atoms with Gasteiger partial charge in [-0.15, -0.1) is 0 Å². The Kier molecular flexibility index (Phi) is 9.72. The van der Waals surface area contributed by atoms with Crippen molar-refractivity contribution in [2.24, 2.45) is 0 Å². The van der Waals surface area contributed by atoms with E-state index in [9.17, 15) is 40.3 Å². The van der Waals surface area contributed by atoms with Crippen LogP contribution in [0.1, 0.15) is 41.0 Å². The van der Waals surface area contributed by atoms with Crippen LogP contribution in [0.3, 0.4) is 0 Å². The molecule has 0 aliphatic carbocycles. The number of carboxylic acids is 2. The Morgan fingerprint density at radius 1 is 0.977 bits per heavy atom. The van der Waals surface area contributed by atoms with Crippen molar-refractivity contribution in [2.75, 3.05) is 11.9 Å². The van der Waals surface area contributed by atoms with E-state index in [-0.39, 0.29) is 18.2 Å². The molecule has 2 aliphatic rings. The quantitative estimate of drug-likeness (QED) is 0.322. The van der Waals surface area contributed by atoms with Crippen LogP contribution in [0, 0.1) is 5.82 Å². The van der Waals surface area contributed by atoms with Gasteiger partial charge in [0.05, 0.1) is 23.6 Å². The van der Waals surface area contributed by atoms with Crippen LogP contribution in [0.5, 0.6) is 0 Å². The number of H-pyrrole nitrogens is 1. The maximum atomic E-state index is 13.5. The van der Waals surface area contributed by atoms with Crippen LogP contribution in [0.4, 0.5) is 36.4 Å². The van der Waals surface area contributed by atoms with E-state index in [0.717, 1.165) is 17.1 Å². The van der Waals surface area contributed by atoms with Crippen LogP contribution in [-0.4, -0.2) is 72.7 Å². The van der Waals surface area contributed by atoms with Gasteiger partial charge in [0, 0.05) is 37.0 Å². The number of carboxylic acid groups (broad SMARTS) is 2. The Bertz CT molecular complexity index is 1470. The summed E-state index contributed by atoms with van der Waals surface area (Å²) in [5, 5.41) is 16.9. The van der Waals surface area contributed by atoms with Gasteiger partial charge >= 0.3 is 24.3 Å². The summed E-state index contributed by atoms with van der Waals surface area (Å²) in [5.41, 5.74) is 3.58. The molecule has 4 N–H and O–H groups in total. The average molecular weight is 619 g/mol. The predicted molar refractivity (Wildman–Crippen MR) is 130 cm³/mol. The van der Waals surface area contributed by atoms with Gasteiger partial charge in [-0.1, -0.05) is 12.1 Å². The summed E-state index contributed by atoms with van der Waals surface area (Å²) in [4.78, 5) is 57.3. The third kappa shape index (κ3) is 8.04. The van der Waals surface area contributed by atoms with Gasteiger partial charge in [0.15, 0.2) is 0 Å². The molecular formula is C25H20F7N5O6. The van der Waals surface area contributed by atoms with E-state index in [1.165, 1.54) is 12.1 Å². The summed E-state index contributed by atoms with van der Waals surface area (Å²) < 4.78 is 76.9. The van der Waals surface area contributed by atoms with Crippen molar-refractivity contribution in [3.8, 4) is 0 Å². The molecule has 0 spiro atoms. The van der Waals surface area contributed by atoms with Crippen molar-refractivity contribution in [3.05, 3.63) is 77.4 Å². The molecule has 0 bridgehead atoms. The summed E-state index contributed by atoms with van der Waals surface area (Å²) in [6.45, 7) is 0.500. The second kappa shape index (κ2) is 12.9. The lowest BCUT2D eigenvalue weighted by atomic mass is 9.94. The lowest BCUT2D eigenvalue weighted by Gasteiger charge is -2.35. The molecule has 230 valence electrons. The van der Waals surface area contributed by atoms with Crippen LogP contribution >= 0.6 is 0 Å². The molecule has 5 rings (SSSR count). The first-order valence-corrected chi connectivity index (χ1v) is 11.9. The molecule has 0 saturated heterocycles. The van der Waals surface area contributed by atoms with Crippen molar-refractivity contribution in [3.63, 3.8) is 0 Å². The molecule has 2 atom stereocenters. The number of alkyl halides is 6. The number of fused-ring (bicyclic) bond motifs is 2. The minimum absolute atomic E-state index is 0.00750. The summed E-state index contributed by atoms with van der Waals surface area (Å²) in [6, 6.07) is 9.32. The SMILES string of the molecule is O=C(O)C(F)(F)F.O=C(O)C(F)(F)F.O=C1Nc2cc(F)ccc2C1CC(=O)N1CCc2[nH]cnc2C1c1ccccn1. The van der Waals surface area contributed by atoms with E-state index in [0.29, 0.717) is 24.2 Å². The highest BCUT2D eigenvalue weighted by Gasteiger charge is 2.40. The van der Waals surface area contributed by atoms with Crippen LogP contribution in [0.25, 0.3) is 0 Å². The average Bonchev–Trinajstić information content (AvgIpc) is 3.52. The van der Waals surface area contributed by atoms with Crippen LogP contribution < -0.4 is 5.32 Å². The molecular weight excluding hydrogens is 599 g/mol. The lowest BCUT2D eigenvalue weighted by molar-refractivity contribution is -0.193. The topological polar surface area (TPSA) is 166 Å². The normalized spacial score (nSPS) is 17.3. The molecule has 43 heavy (non-hydrogen) atoms. The van der Waals surface area contributed by atoms with Crippen molar-refractivity contribution < 1.29 is 60.1 Å². The Labute approximate surface area is 236 Å². The zero-order chi connectivity index (χ0) is 32.1. The standard InChI is InChI=1S/C21H18FN5O2.2C2HF3O2/c22-12-4-5-13-14(21(29)26-17(13)9-12)10-18(28)27-8-6-15-19(25-11-24-15)20(27)16-3-1-2-7-23-16;2*3-2(4,5)1(6)7/h1-5,7,9,11,14,20H,6,8,10H2,(H,24,25)(H,26,29);2*(H,6,7). The van der Waals surface area contributed by atoms with E-state index in [1.807, 2.05) is 18.2 Å². The number of aromatic amines is 1. The summed E-state index contributed by atoms with van der Waals surface area (Å²) in [6.07, 6.45) is -6.19. The second-order valence-electron chi connectivity index (χ2n) is 8.84. The van der Waals surface area contributed by atoms with Crippen LogP contribution in [-0.2, 0) is 25.6 Å². The van der Waals surface area contributed by atoms with Crippen molar-refractivity contribution >= 4 is 29.4 Å². The third-order valence-electron chi connectivity index (χ3n) is 6.04. The minimum atomic E-state index is -5.08. The molecule has 2 aliphatic heterocycles. The molecule has 4 heterocycles. The van der Waals surface area contributed by atoms with Crippen LogP contribution in [0.2, 0.25) is 0 Å². The summed E-state index contributed by atoms with van der Waals surface area (Å²) >= 11 is 0. The molecule has 0 saturated carbocycles. The molecule has 2 amide bonds. The van der Waals surface area contributed by atoms with E-state index in [4.69, 9.17) is 19.8 Å². The van der Waals surface area contributed by atoms with Gasteiger partial charge in [-0.25, -0.2) is 19.0 Å². The highest BCUT2D eigenvalue weighted by atomic mass is 19.4. The number of nitrogens with one attached hydrogen (secondary N) is 2. The summed E-state index contributed by atoms with van der Waals surface area (Å²) in [7, 11) is 0. The maximum Gasteiger partial charge on any atom is 0.490 e. The first-order valence-electron chi connectivity index (χ1n) is 11.9. The monoisotopic (exact) mass is 619 g/mol. The molecule has 0 fully saturated rings. The smallest absolute Gasteiger partial charge is 0.475 e. The van der Waals surface area contributed by atoms with Gasteiger partial charge in [0.1, 0.15) is 11.9 Å². The lowest BCUT2D eigenvalue weighted by Crippen LogP contribution is -2.42. The Morgan fingerprint density at radius 3 is 2.16 bits per heavy atom. The maximum absolute atomic E-state index is 13.5.